The number of carbonyl (C=O) groups excluding carboxylic acids is 2. The van der Waals surface area contributed by atoms with Gasteiger partial charge in [0.1, 0.15) is 11.5 Å². The quantitative estimate of drug-likeness (QED) is 0.461. The van der Waals surface area contributed by atoms with Crippen molar-refractivity contribution in [2.45, 2.75) is 13.8 Å². The number of aryl methyl sites for hydroxylation is 1. The lowest BCUT2D eigenvalue weighted by Crippen LogP contribution is -2.19. The highest BCUT2D eigenvalue weighted by Crippen LogP contribution is 2.24. The molecule has 2 rings (SSSR count). The third-order valence-corrected chi connectivity index (χ3v) is 2.75. The highest BCUT2D eigenvalue weighted by atomic mass is 16.5. The molecule has 0 bridgehead atoms. The maximum atomic E-state index is 11.9. The van der Waals surface area contributed by atoms with Gasteiger partial charge in [0.25, 0.3) is 0 Å². The SMILES string of the molecule is CC(=O)Oc1cccc(NC(=O)Nc2cc(C)ccc2O)c1. The molecule has 0 fully saturated rings. The number of amides is 2. The molecule has 0 heterocycles. The van der Waals surface area contributed by atoms with Crippen molar-refractivity contribution in [3.63, 3.8) is 0 Å². The van der Waals surface area contributed by atoms with Crippen LogP contribution in [0.25, 0.3) is 0 Å². The maximum Gasteiger partial charge on any atom is 0.323 e. The third-order valence-electron chi connectivity index (χ3n) is 2.75. The van der Waals surface area contributed by atoms with Crippen molar-refractivity contribution in [2.24, 2.45) is 0 Å². The molecule has 22 heavy (non-hydrogen) atoms. The maximum absolute atomic E-state index is 11.9. The van der Waals surface area contributed by atoms with Crippen LogP contribution < -0.4 is 15.4 Å². The minimum Gasteiger partial charge on any atom is -0.506 e. The van der Waals surface area contributed by atoms with E-state index >= 15 is 0 Å². The summed E-state index contributed by atoms with van der Waals surface area (Å²) in [5.74, 6) is -0.121. The number of nitrogens with one attached hydrogen (secondary N) is 2. The van der Waals surface area contributed by atoms with E-state index in [-0.39, 0.29) is 5.75 Å². The van der Waals surface area contributed by atoms with Gasteiger partial charge in [-0.3, -0.25) is 4.79 Å². The van der Waals surface area contributed by atoms with Gasteiger partial charge in [0.15, 0.2) is 0 Å². The van der Waals surface area contributed by atoms with Gasteiger partial charge in [0.2, 0.25) is 0 Å². The van der Waals surface area contributed by atoms with E-state index in [0.717, 1.165) is 5.56 Å². The predicted molar refractivity (Wildman–Crippen MR) is 83.2 cm³/mol. The van der Waals surface area contributed by atoms with E-state index in [1.807, 2.05) is 6.92 Å². The van der Waals surface area contributed by atoms with E-state index in [1.165, 1.54) is 19.1 Å². The number of phenols is 1. The second-order valence-corrected chi connectivity index (χ2v) is 4.72. The summed E-state index contributed by atoms with van der Waals surface area (Å²) in [4.78, 5) is 22.8. The molecule has 0 aliphatic rings. The average Bonchev–Trinajstić information content (AvgIpc) is 2.42. The molecule has 0 unspecified atom stereocenters. The van der Waals surface area contributed by atoms with Gasteiger partial charge in [0.05, 0.1) is 5.69 Å². The molecule has 0 aromatic heterocycles. The Morgan fingerprint density at radius 1 is 1.09 bits per heavy atom. The first kappa shape index (κ1) is 15.4. The molecule has 0 atom stereocenters. The molecule has 2 amide bonds. The fraction of sp³-hybridized carbons (Fsp3) is 0.125. The first-order chi connectivity index (χ1) is 10.4. The zero-order valence-corrected chi connectivity index (χ0v) is 12.2. The Hall–Kier alpha value is -3.02. The monoisotopic (exact) mass is 300 g/mol. The van der Waals surface area contributed by atoms with E-state index in [4.69, 9.17) is 4.74 Å². The fourth-order valence-corrected chi connectivity index (χ4v) is 1.84. The lowest BCUT2D eigenvalue weighted by Gasteiger charge is -2.10. The van der Waals surface area contributed by atoms with Gasteiger partial charge in [-0.25, -0.2) is 4.79 Å². The smallest absolute Gasteiger partial charge is 0.323 e. The summed E-state index contributed by atoms with van der Waals surface area (Å²) in [6.07, 6.45) is 0. The van der Waals surface area contributed by atoms with E-state index in [2.05, 4.69) is 10.6 Å². The van der Waals surface area contributed by atoms with Gasteiger partial charge in [-0.15, -0.1) is 0 Å². The van der Waals surface area contributed by atoms with Gasteiger partial charge in [-0.05, 0) is 36.8 Å². The second kappa shape index (κ2) is 6.62. The highest BCUT2D eigenvalue weighted by molar-refractivity contribution is 6.00. The Balaban J connectivity index is 2.05. The minimum absolute atomic E-state index is 0.0191. The summed E-state index contributed by atoms with van der Waals surface area (Å²) in [5, 5.41) is 14.8. The zero-order chi connectivity index (χ0) is 16.1. The molecule has 6 nitrogen and oxygen atoms in total. The van der Waals surface area contributed by atoms with Crippen molar-refractivity contribution in [1.29, 1.82) is 0 Å². The lowest BCUT2D eigenvalue weighted by atomic mass is 10.2. The van der Waals surface area contributed by atoms with Crippen LogP contribution in [0.1, 0.15) is 12.5 Å². The number of phenolic OH excluding ortho intramolecular Hbond substituents is 1. The predicted octanol–water partition coefficient (Wildman–Crippen LogP) is 3.27. The summed E-state index contributed by atoms with van der Waals surface area (Å²) in [7, 11) is 0. The highest BCUT2D eigenvalue weighted by Gasteiger charge is 2.08. The van der Waals surface area contributed by atoms with E-state index in [9.17, 15) is 14.7 Å². The number of ether oxygens (including phenoxy) is 1. The molecule has 0 aliphatic carbocycles. The second-order valence-electron chi connectivity index (χ2n) is 4.72. The van der Waals surface area contributed by atoms with Crippen LogP contribution in [0.5, 0.6) is 11.5 Å². The Morgan fingerprint density at radius 3 is 2.59 bits per heavy atom. The number of rotatable bonds is 3. The normalized spacial score (nSPS) is 9.91. The average molecular weight is 300 g/mol. The molecular formula is C16H16N2O4. The van der Waals surface area contributed by atoms with Crippen LogP contribution in [0, 0.1) is 6.92 Å². The molecule has 0 radical (unpaired) electrons. The first-order valence-electron chi connectivity index (χ1n) is 6.60. The third kappa shape index (κ3) is 4.24. The number of aromatic hydroxyl groups is 1. The molecule has 0 saturated heterocycles. The molecule has 3 N–H and O–H groups in total. The number of anilines is 2. The van der Waals surface area contributed by atoms with Crippen LogP contribution in [-0.4, -0.2) is 17.1 Å². The van der Waals surface area contributed by atoms with E-state index in [1.54, 1.807) is 30.3 Å². The van der Waals surface area contributed by atoms with Crippen LogP contribution in [0.4, 0.5) is 16.2 Å². The number of benzene rings is 2. The summed E-state index contributed by atoms with van der Waals surface area (Å²) in [5.41, 5.74) is 1.68. The van der Waals surface area contributed by atoms with Crippen molar-refractivity contribution in [2.75, 3.05) is 10.6 Å². The molecule has 6 heteroatoms. The van der Waals surface area contributed by atoms with Crippen LogP contribution in [-0.2, 0) is 4.79 Å². The first-order valence-corrected chi connectivity index (χ1v) is 6.60. The largest absolute Gasteiger partial charge is 0.506 e. The van der Waals surface area contributed by atoms with Crippen molar-refractivity contribution in [1.82, 2.24) is 0 Å². The topological polar surface area (TPSA) is 87.7 Å². The zero-order valence-electron chi connectivity index (χ0n) is 12.2. The molecule has 0 saturated carbocycles. The molecular weight excluding hydrogens is 284 g/mol. The number of carbonyl (C=O) groups is 2. The Bertz CT molecular complexity index is 713. The van der Waals surface area contributed by atoms with Crippen LogP contribution in [0.2, 0.25) is 0 Å². The van der Waals surface area contributed by atoms with Crippen molar-refractivity contribution in [3.8, 4) is 11.5 Å². The molecule has 2 aromatic carbocycles. The Morgan fingerprint density at radius 2 is 1.86 bits per heavy atom. The van der Waals surface area contributed by atoms with Crippen LogP contribution in [0.3, 0.4) is 0 Å². The number of esters is 1. The Kier molecular flexibility index (Phi) is 4.63. The summed E-state index contributed by atoms with van der Waals surface area (Å²) in [6, 6.07) is 10.8. The van der Waals surface area contributed by atoms with Gasteiger partial charge in [0, 0.05) is 18.7 Å². The summed E-state index contributed by atoms with van der Waals surface area (Å²) >= 11 is 0. The minimum atomic E-state index is -0.513. The van der Waals surface area contributed by atoms with Crippen LogP contribution >= 0.6 is 0 Å². The lowest BCUT2D eigenvalue weighted by molar-refractivity contribution is -0.131. The molecule has 114 valence electrons. The fourth-order valence-electron chi connectivity index (χ4n) is 1.84. The molecule has 0 spiro atoms. The van der Waals surface area contributed by atoms with Gasteiger partial charge in [-0.1, -0.05) is 12.1 Å². The van der Waals surface area contributed by atoms with Gasteiger partial charge >= 0.3 is 12.0 Å². The molecule has 0 aliphatic heterocycles. The van der Waals surface area contributed by atoms with Gasteiger partial charge < -0.3 is 20.5 Å². The standard InChI is InChI=1S/C16H16N2O4/c1-10-6-7-15(20)14(8-10)18-16(21)17-12-4-3-5-13(9-12)22-11(2)19/h3-9,20H,1-2H3,(H2,17,18,21). The van der Waals surface area contributed by atoms with Crippen molar-refractivity contribution >= 4 is 23.4 Å². The number of urea groups is 1. The van der Waals surface area contributed by atoms with Crippen LogP contribution in [0.15, 0.2) is 42.5 Å². The van der Waals surface area contributed by atoms with E-state index < -0.39 is 12.0 Å². The number of hydrogen-bond acceptors (Lipinski definition) is 4. The van der Waals surface area contributed by atoms with Gasteiger partial charge in [-0.2, -0.15) is 0 Å². The summed E-state index contributed by atoms with van der Waals surface area (Å²) < 4.78 is 4.94. The molecule has 2 aromatic rings. The van der Waals surface area contributed by atoms with Crippen molar-refractivity contribution < 1.29 is 19.4 Å². The van der Waals surface area contributed by atoms with Crippen molar-refractivity contribution in [3.05, 3.63) is 48.0 Å². The van der Waals surface area contributed by atoms with E-state index in [0.29, 0.717) is 17.1 Å². The number of hydrogen-bond donors (Lipinski definition) is 3. The Labute approximate surface area is 127 Å². The summed E-state index contributed by atoms with van der Waals surface area (Å²) in [6.45, 7) is 3.15.